The van der Waals surface area contributed by atoms with Crippen molar-refractivity contribution >= 4 is 17.1 Å². The normalized spacial score (nSPS) is 17.0. The molecule has 1 amide bonds. The number of aromatic nitrogens is 6. The van der Waals surface area contributed by atoms with Crippen molar-refractivity contribution in [3.05, 3.63) is 72.0 Å². The average Bonchev–Trinajstić information content (AvgIpc) is 3.64. The monoisotopic (exact) mass is 513 g/mol. The minimum absolute atomic E-state index is 0.0163. The van der Waals surface area contributed by atoms with E-state index in [4.69, 9.17) is 14.4 Å². The first-order valence-electron chi connectivity index (χ1n) is 12.4. The lowest BCUT2D eigenvalue weighted by atomic mass is 9.82. The van der Waals surface area contributed by atoms with Crippen molar-refractivity contribution in [1.82, 2.24) is 29.5 Å². The van der Waals surface area contributed by atoms with Crippen molar-refractivity contribution in [3.63, 3.8) is 0 Å². The zero-order valence-corrected chi connectivity index (χ0v) is 21.0. The Morgan fingerprint density at radius 2 is 2.05 bits per heavy atom. The van der Waals surface area contributed by atoms with Crippen molar-refractivity contribution in [1.29, 1.82) is 0 Å². The summed E-state index contributed by atoms with van der Waals surface area (Å²) >= 11 is 0. The smallest absolute Gasteiger partial charge is 0.259 e. The van der Waals surface area contributed by atoms with E-state index < -0.39 is 0 Å². The molecule has 6 rings (SSSR count). The Kier molecular flexibility index (Phi) is 6.22. The van der Waals surface area contributed by atoms with Crippen molar-refractivity contribution in [3.8, 4) is 22.6 Å². The molecule has 11 heteroatoms. The van der Waals surface area contributed by atoms with E-state index in [1.165, 1.54) is 0 Å². The van der Waals surface area contributed by atoms with Gasteiger partial charge in [-0.2, -0.15) is 15.2 Å². The minimum Gasteiger partial charge on any atom is -0.394 e. The molecule has 1 saturated carbocycles. The van der Waals surface area contributed by atoms with Gasteiger partial charge in [-0.1, -0.05) is 17.3 Å². The minimum atomic E-state index is -0.261. The third-order valence-electron chi connectivity index (χ3n) is 6.84. The van der Waals surface area contributed by atoms with Crippen LogP contribution in [0, 0.1) is 6.92 Å². The molecule has 0 radical (unpaired) electrons. The van der Waals surface area contributed by atoms with E-state index in [-0.39, 0.29) is 24.5 Å². The van der Waals surface area contributed by atoms with E-state index in [1.54, 1.807) is 15.4 Å². The van der Waals surface area contributed by atoms with Crippen LogP contribution in [0.5, 0.6) is 0 Å². The number of aliphatic hydroxyl groups is 1. The first kappa shape index (κ1) is 24.0. The van der Waals surface area contributed by atoms with E-state index in [9.17, 15) is 4.79 Å². The molecular weight excluding hydrogens is 486 g/mol. The molecule has 38 heavy (non-hydrogen) atoms. The number of nitrogens with zero attached hydrogens (tertiary/aromatic N) is 6. The molecule has 194 valence electrons. The molecule has 0 atom stereocenters. The highest BCUT2D eigenvalue weighted by Crippen LogP contribution is 2.38. The Morgan fingerprint density at radius 1 is 1.21 bits per heavy atom. The summed E-state index contributed by atoms with van der Waals surface area (Å²) in [5, 5.41) is 24.9. The summed E-state index contributed by atoms with van der Waals surface area (Å²) in [6.07, 6.45) is 7.00. The molecule has 4 heterocycles. The number of carbonyl (C=O) groups is 1. The molecule has 0 unspecified atom stereocenters. The maximum absolute atomic E-state index is 13.2. The number of aliphatic hydroxyl groups excluding tert-OH is 1. The van der Waals surface area contributed by atoms with Crippen LogP contribution < -0.4 is 5.32 Å². The molecule has 2 N–H and O–H groups in total. The van der Waals surface area contributed by atoms with E-state index in [1.807, 2.05) is 62.8 Å². The van der Waals surface area contributed by atoms with Gasteiger partial charge in [-0.05, 0) is 49.6 Å². The average molecular weight is 514 g/mol. The van der Waals surface area contributed by atoms with Gasteiger partial charge >= 0.3 is 0 Å². The van der Waals surface area contributed by atoms with Gasteiger partial charge in [0.05, 0.1) is 42.3 Å². The van der Waals surface area contributed by atoms with Gasteiger partial charge in [0.25, 0.3) is 5.91 Å². The molecule has 0 spiro atoms. The maximum atomic E-state index is 13.2. The lowest BCUT2D eigenvalue weighted by molar-refractivity contribution is -0.0297. The molecule has 11 nitrogen and oxygen atoms in total. The number of hydrogen-bond acceptors (Lipinski definition) is 8. The number of pyridine rings is 1. The SMILES string of the molecule is Cc1ccc(-c2noc(C3CC(OCCO)C3)n2)cc1NC(=O)c1cnn2cc(-c3ccn(C)n3)ccc12. The van der Waals surface area contributed by atoms with E-state index >= 15 is 0 Å². The van der Waals surface area contributed by atoms with Crippen molar-refractivity contribution in [2.45, 2.75) is 31.8 Å². The number of anilines is 1. The van der Waals surface area contributed by atoms with Crippen molar-refractivity contribution in [2.75, 3.05) is 18.5 Å². The number of rotatable bonds is 8. The molecule has 0 bridgehead atoms. The first-order chi connectivity index (χ1) is 18.5. The number of amides is 1. The van der Waals surface area contributed by atoms with Gasteiger partial charge in [0.2, 0.25) is 11.7 Å². The number of hydrogen-bond donors (Lipinski definition) is 2. The molecule has 0 saturated heterocycles. The lowest BCUT2D eigenvalue weighted by Crippen LogP contribution is -2.30. The lowest BCUT2D eigenvalue weighted by Gasteiger charge is -2.32. The number of benzene rings is 1. The Labute approximate surface area is 218 Å². The molecule has 1 aliphatic rings. The highest BCUT2D eigenvalue weighted by Gasteiger charge is 2.35. The van der Waals surface area contributed by atoms with Crippen LogP contribution in [0.1, 0.15) is 40.6 Å². The molecular formula is C27H27N7O4. The molecule has 4 aromatic heterocycles. The molecule has 5 aromatic rings. The highest BCUT2D eigenvalue weighted by molar-refractivity contribution is 6.09. The van der Waals surface area contributed by atoms with Crippen LogP contribution in [0.4, 0.5) is 5.69 Å². The van der Waals surface area contributed by atoms with E-state index in [2.05, 4.69) is 25.7 Å². The standard InChI is InChI=1S/C27H27N7O4/c1-16-3-4-17(25-30-27(38-32-25)19-11-20(12-19)37-10-9-35)13-23(16)29-26(36)21-14-28-34-15-18(5-6-24(21)34)22-7-8-33(2)31-22/h3-8,13-15,19-20,35H,9-12H2,1-2H3,(H,29,36). The second-order valence-corrected chi connectivity index (χ2v) is 9.51. The summed E-state index contributed by atoms with van der Waals surface area (Å²) in [5.74, 6) is 0.932. The maximum Gasteiger partial charge on any atom is 0.259 e. The Morgan fingerprint density at radius 3 is 2.84 bits per heavy atom. The number of aryl methyl sites for hydroxylation is 2. The van der Waals surface area contributed by atoms with Crippen LogP contribution in [0.3, 0.4) is 0 Å². The van der Waals surface area contributed by atoms with Gasteiger partial charge in [-0.3, -0.25) is 9.48 Å². The number of carbonyl (C=O) groups excluding carboxylic acids is 1. The van der Waals surface area contributed by atoms with Crippen LogP contribution in [0.15, 0.2) is 59.5 Å². The number of ether oxygens (including phenoxy) is 1. The van der Waals surface area contributed by atoms with Crippen LogP contribution in [-0.2, 0) is 11.8 Å². The van der Waals surface area contributed by atoms with Crippen molar-refractivity contribution in [2.24, 2.45) is 7.05 Å². The second kappa shape index (κ2) is 9.84. The van der Waals surface area contributed by atoms with Gasteiger partial charge < -0.3 is 19.7 Å². The van der Waals surface area contributed by atoms with Crippen LogP contribution >= 0.6 is 0 Å². The Hall–Kier alpha value is -4.35. The molecule has 0 aliphatic heterocycles. The van der Waals surface area contributed by atoms with Gasteiger partial charge in [0, 0.05) is 42.2 Å². The molecule has 1 fully saturated rings. The molecule has 1 aromatic carbocycles. The Balaban J connectivity index is 1.18. The first-order valence-corrected chi connectivity index (χ1v) is 12.4. The van der Waals surface area contributed by atoms with Gasteiger partial charge in [-0.25, -0.2) is 4.52 Å². The molecule has 1 aliphatic carbocycles. The third-order valence-corrected chi connectivity index (χ3v) is 6.84. The summed E-state index contributed by atoms with van der Waals surface area (Å²) in [4.78, 5) is 17.8. The van der Waals surface area contributed by atoms with Crippen LogP contribution in [0.25, 0.3) is 28.2 Å². The van der Waals surface area contributed by atoms with Gasteiger partial charge in [0.15, 0.2) is 0 Å². The quantitative estimate of drug-likeness (QED) is 0.322. The van der Waals surface area contributed by atoms with Gasteiger partial charge in [-0.15, -0.1) is 0 Å². The zero-order valence-electron chi connectivity index (χ0n) is 21.0. The topological polar surface area (TPSA) is 133 Å². The van der Waals surface area contributed by atoms with E-state index in [0.29, 0.717) is 35.1 Å². The third kappa shape index (κ3) is 4.57. The summed E-state index contributed by atoms with van der Waals surface area (Å²) in [6.45, 7) is 2.28. The van der Waals surface area contributed by atoms with Gasteiger partial charge in [0.1, 0.15) is 0 Å². The number of nitrogens with one attached hydrogen (secondary N) is 1. The van der Waals surface area contributed by atoms with Crippen LogP contribution in [-0.4, -0.2) is 59.9 Å². The van der Waals surface area contributed by atoms with E-state index in [0.717, 1.165) is 35.2 Å². The fraction of sp³-hybridized carbons (Fsp3) is 0.296. The summed E-state index contributed by atoms with van der Waals surface area (Å²) in [7, 11) is 1.87. The fourth-order valence-electron chi connectivity index (χ4n) is 4.61. The summed E-state index contributed by atoms with van der Waals surface area (Å²) < 4.78 is 14.5. The predicted molar refractivity (Wildman–Crippen MR) is 139 cm³/mol. The van der Waals surface area contributed by atoms with Crippen molar-refractivity contribution < 1.29 is 19.2 Å². The predicted octanol–water partition coefficient (Wildman–Crippen LogP) is 3.60. The Bertz CT molecular complexity index is 1610. The highest BCUT2D eigenvalue weighted by atomic mass is 16.5. The van der Waals surface area contributed by atoms with Crippen LogP contribution in [0.2, 0.25) is 0 Å². The summed E-state index contributed by atoms with van der Waals surface area (Å²) in [5.41, 5.74) is 5.21. The second-order valence-electron chi connectivity index (χ2n) is 9.51. The zero-order chi connectivity index (χ0) is 26.2. The number of fused-ring (bicyclic) bond motifs is 1. The summed E-state index contributed by atoms with van der Waals surface area (Å²) in [6, 6.07) is 11.4. The fourth-order valence-corrected chi connectivity index (χ4v) is 4.61. The largest absolute Gasteiger partial charge is 0.394 e.